The van der Waals surface area contributed by atoms with Crippen LogP contribution in [0.25, 0.3) is 0 Å². The van der Waals surface area contributed by atoms with Crippen molar-refractivity contribution >= 4 is 5.69 Å². The minimum Gasteiger partial charge on any atom is -0.373 e. The normalized spacial score (nSPS) is 20.0. The van der Waals surface area contributed by atoms with E-state index in [1.165, 1.54) is 12.1 Å². The van der Waals surface area contributed by atoms with Gasteiger partial charge in [0.05, 0.1) is 5.56 Å². The number of hydrogen-bond donors (Lipinski definition) is 1. The first kappa shape index (κ1) is 16.1. The highest BCUT2D eigenvalue weighted by atomic mass is 19.4. The second-order valence-electron chi connectivity index (χ2n) is 5.70. The smallest absolute Gasteiger partial charge is 0.373 e. The minimum atomic E-state index is -4.37. The average molecular weight is 301 g/mol. The summed E-state index contributed by atoms with van der Waals surface area (Å²) in [6, 6.07) is 4.80. The Balaban J connectivity index is 2.19. The maximum Gasteiger partial charge on any atom is 0.416 e. The van der Waals surface area contributed by atoms with Crippen molar-refractivity contribution in [3.63, 3.8) is 0 Å². The van der Waals surface area contributed by atoms with Gasteiger partial charge in [-0.1, -0.05) is 6.07 Å². The predicted octanol–water partition coefficient (Wildman–Crippen LogP) is 2.69. The van der Waals surface area contributed by atoms with Crippen LogP contribution in [0.3, 0.4) is 0 Å². The molecule has 118 valence electrons. The summed E-state index contributed by atoms with van der Waals surface area (Å²) in [6.07, 6.45) is -2.13. The van der Waals surface area contributed by atoms with Gasteiger partial charge in [-0.2, -0.15) is 13.2 Å². The quantitative estimate of drug-likeness (QED) is 0.928. The second kappa shape index (κ2) is 6.23. The molecule has 2 N–H and O–H groups in total. The summed E-state index contributed by atoms with van der Waals surface area (Å²) in [7, 11) is 3.90. The molecule has 0 saturated carbocycles. The van der Waals surface area contributed by atoms with Crippen LogP contribution in [-0.4, -0.2) is 38.1 Å². The van der Waals surface area contributed by atoms with E-state index in [9.17, 15) is 13.2 Å². The van der Waals surface area contributed by atoms with E-state index in [-0.39, 0.29) is 12.1 Å². The van der Waals surface area contributed by atoms with Crippen molar-refractivity contribution in [1.82, 2.24) is 4.90 Å². The van der Waals surface area contributed by atoms with Gasteiger partial charge in [-0.05, 0) is 44.1 Å². The number of likely N-dealkylation sites (tertiary alicyclic amines) is 1. The molecule has 1 aliphatic heterocycles. The zero-order valence-electron chi connectivity index (χ0n) is 12.5. The number of benzene rings is 1. The number of hydrogen-bond acceptors (Lipinski definition) is 3. The largest absolute Gasteiger partial charge is 0.416 e. The van der Waals surface area contributed by atoms with E-state index in [1.54, 1.807) is 6.07 Å². The lowest BCUT2D eigenvalue weighted by Crippen LogP contribution is -2.36. The monoisotopic (exact) mass is 301 g/mol. The maximum atomic E-state index is 13.1. The summed E-state index contributed by atoms with van der Waals surface area (Å²) in [5.74, 6) is 0. The Hall–Kier alpha value is -1.27. The zero-order valence-corrected chi connectivity index (χ0v) is 12.5. The third-order valence-corrected chi connectivity index (χ3v) is 4.22. The van der Waals surface area contributed by atoms with Crippen LogP contribution in [0, 0.1) is 0 Å². The second-order valence-corrected chi connectivity index (χ2v) is 5.70. The number of nitrogens with two attached hydrogens (primary N) is 1. The van der Waals surface area contributed by atoms with Crippen molar-refractivity contribution < 1.29 is 13.2 Å². The lowest BCUT2D eigenvalue weighted by molar-refractivity contribution is -0.138. The van der Waals surface area contributed by atoms with Crippen LogP contribution in [0.4, 0.5) is 18.9 Å². The highest BCUT2D eigenvalue weighted by Crippen LogP contribution is 2.34. The van der Waals surface area contributed by atoms with Crippen LogP contribution in [0.15, 0.2) is 18.2 Å². The molecule has 0 aromatic heterocycles. The van der Waals surface area contributed by atoms with E-state index in [0.717, 1.165) is 25.9 Å². The van der Waals surface area contributed by atoms with Crippen molar-refractivity contribution in [2.24, 2.45) is 5.73 Å². The minimum absolute atomic E-state index is 0.107. The van der Waals surface area contributed by atoms with E-state index in [4.69, 9.17) is 5.73 Å². The molecule has 6 heteroatoms. The number of likely N-dealkylation sites (N-methyl/N-ethyl adjacent to an activating group) is 2. The SMILES string of the molecule is CN(CC1CCCN1C)c1ccc(CN)c(C(F)(F)F)c1. The van der Waals surface area contributed by atoms with Gasteiger partial charge in [0.1, 0.15) is 0 Å². The van der Waals surface area contributed by atoms with Crippen LogP contribution >= 0.6 is 0 Å². The first-order valence-electron chi connectivity index (χ1n) is 7.14. The van der Waals surface area contributed by atoms with Gasteiger partial charge in [-0.3, -0.25) is 0 Å². The Morgan fingerprint density at radius 3 is 2.62 bits per heavy atom. The van der Waals surface area contributed by atoms with Gasteiger partial charge in [-0.25, -0.2) is 0 Å². The number of halogens is 3. The van der Waals surface area contributed by atoms with Crippen LogP contribution in [0.2, 0.25) is 0 Å². The molecular weight excluding hydrogens is 279 g/mol. The van der Waals surface area contributed by atoms with Crippen molar-refractivity contribution in [3.8, 4) is 0 Å². The Labute approximate surface area is 123 Å². The third-order valence-electron chi connectivity index (χ3n) is 4.22. The first-order chi connectivity index (χ1) is 9.82. The Kier molecular flexibility index (Phi) is 4.78. The Bertz CT molecular complexity index is 488. The van der Waals surface area contributed by atoms with Gasteiger partial charge in [0.25, 0.3) is 0 Å². The maximum absolute atomic E-state index is 13.1. The lowest BCUT2D eigenvalue weighted by Gasteiger charge is -2.28. The van der Waals surface area contributed by atoms with Crippen LogP contribution in [0.1, 0.15) is 24.0 Å². The summed E-state index contributed by atoms with van der Waals surface area (Å²) < 4.78 is 39.2. The number of alkyl halides is 3. The molecular formula is C15H22F3N3. The summed E-state index contributed by atoms with van der Waals surface area (Å²) in [4.78, 5) is 4.15. The highest BCUT2D eigenvalue weighted by molar-refractivity contribution is 5.51. The Morgan fingerprint density at radius 2 is 2.10 bits per heavy atom. The van der Waals surface area contributed by atoms with Gasteiger partial charge in [0, 0.05) is 31.9 Å². The number of nitrogens with zero attached hydrogens (tertiary/aromatic N) is 2. The molecule has 1 heterocycles. The number of rotatable bonds is 4. The standard InChI is InChI=1S/C15H22F3N3/c1-20-7-3-4-13(20)10-21(2)12-6-5-11(9-19)14(8-12)15(16,17)18/h5-6,8,13H,3-4,7,9-10,19H2,1-2H3. The molecule has 1 aliphatic rings. The van der Waals surface area contributed by atoms with Crippen LogP contribution in [0.5, 0.6) is 0 Å². The average Bonchev–Trinajstić information content (AvgIpc) is 2.82. The summed E-state index contributed by atoms with van der Waals surface area (Å²) >= 11 is 0. The summed E-state index contributed by atoms with van der Waals surface area (Å²) in [6.45, 7) is 1.68. The topological polar surface area (TPSA) is 32.5 Å². The van der Waals surface area contributed by atoms with Crippen LogP contribution in [-0.2, 0) is 12.7 Å². The molecule has 2 rings (SSSR count). The van der Waals surface area contributed by atoms with Crippen LogP contribution < -0.4 is 10.6 Å². The van der Waals surface area contributed by atoms with Crippen molar-refractivity contribution in [1.29, 1.82) is 0 Å². The van der Waals surface area contributed by atoms with E-state index in [2.05, 4.69) is 11.9 Å². The molecule has 1 fully saturated rings. The predicted molar refractivity (Wildman–Crippen MR) is 78.3 cm³/mol. The van der Waals surface area contributed by atoms with Crippen molar-refractivity contribution in [2.75, 3.05) is 32.1 Å². The first-order valence-corrected chi connectivity index (χ1v) is 7.14. The fourth-order valence-corrected chi connectivity index (χ4v) is 2.88. The van der Waals surface area contributed by atoms with E-state index >= 15 is 0 Å². The van der Waals surface area contributed by atoms with Gasteiger partial charge >= 0.3 is 6.18 Å². The number of anilines is 1. The third kappa shape index (κ3) is 3.68. The molecule has 1 unspecified atom stereocenters. The Morgan fingerprint density at radius 1 is 1.38 bits per heavy atom. The fourth-order valence-electron chi connectivity index (χ4n) is 2.88. The summed E-state index contributed by atoms with van der Waals surface area (Å²) in [5, 5.41) is 0. The van der Waals surface area contributed by atoms with Gasteiger partial charge in [0.2, 0.25) is 0 Å². The van der Waals surface area contributed by atoms with Crippen molar-refractivity contribution in [2.45, 2.75) is 31.6 Å². The molecule has 0 spiro atoms. The molecule has 1 aromatic carbocycles. The highest BCUT2D eigenvalue weighted by Gasteiger charge is 2.33. The molecule has 21 heavy (non-hydrogen) atoms. The lowest BCUT2D eigenvalue weighted by atomic mass is 10.1. The van der Waals surface area contributed by atoms with E-state index < -0.39 is 11.7 Å². The van der Waals surface area contributed by atoms with Gasteiger partial charge in [-0.15, -0.1) is 0 Å². The molecule has 0 radical (unpaired) electrons. The molecule has 0 amide bonds. The molecule has 3 nitrogen and oxygen atoms in total. The molecule has 1 aromatic rings. The van der Waals surface area contributed by atoms with E-state index in [0.29, 0.717) is 11.7 Å². The van der Waals surface area contributed by atoms with Gasteiger partial charge in [0.15, 0.2) is 0 Å². The fraction of sp³-hybridized carbons (Fsp3) is 0.600. The molecule has 1 saturated heterocycles. The zero-order chi connectivity index (χ0) is 15.6. The molecule has 0 bridgehead atoms. The van der Waals surface area contributed by atoms with Gasteiger partial charge < -0.3 is 15.5 Å². The van der Waals surface area contributed by atoms with Crippen molar-refractivity contribution in [3.05, 3.63) is 29.3 Å². The molecule has 1 atom stereocenters. The van der Waals surface area contributed by atoms with E-state index in [1.807, 2.05) is 11.9 Å². The molecule has 0 aliphatic carbocycles. The summed E-state index contributed by atoms with van der Waals surface area (Å²) in [5.41, 5.74) is 5.49.